The Hall–Kier alpha value is -0.476. The van der Waals surface area contributed by atoms with Crippen LogP contribution in [0.15, 0.2) is 0 Å². The van der Waals surface area contributed by atoms with Crippen LogP contribution in [-0.2, 0) is 33.5 Å². The van der Waals surface area contributed by atoms with Crippen molar-refractivity contribution >= 4 is 28.8 Å². The molecule has 10 heteroatoms. The summed E-state index contributed by atoms with van der Waals surface area (Å²) >= 11 is -6.26. The van der Waals surface area contributed by atoms with Crippen molar-refractivity contribution in [3.63, 3.8) is 0 Å². The number of nitrogens with zero attached hydrogens (tertiary/aromatic N) is 1. The Morgan fingerprint density at radius 1 is 0.630 bits per heavy atom. The van der Waals surface area contributed by atoms with Gasteiger partial charge in [-0.15, -0.1) is 12.4 Å². The fourth-order valence-corrected chi connectivity index (χ4v) is 14.2. The summed E-state index contributed by atoms with van der Waals surface area (Å²) in [6.07, 6.45) is 0. The van der Waals surface area contributed by atoms with Crippen LogP contribution in [0.25, 0.3) is 0 Å². The van der Waals surface area contributed by atoms with E-state index in [9.17, 15) is 19.2 Å². The minimum atomic E-state index is -6.26. The fourth-order valence-electron chi connectivity index (χ4n) is 4.32. The van der Waals surface area contributed by atoms with Gasteiger partial charge in [0.05, 0.1) is 0 Å². The quantitative estimate of drug-likeness (QED) is 0.505. The van der Waals surface area contributed by atoms with E-state index < -0.39 is 30.6 Å². The van der Waals surface area contributed by atoms with Crippen LogP contribution < -0.4 is 16.0 Å². The maximum Gasteiger partial charge on any atom is -0.147 e. The second-order valence-corrected chi connectivity index (χ2v) is 20.8. The summed E-state index contributed by atoms with van der Waals surface area (Å²) in [5.41, 5.74) is 0. The van der Waals surface area contributed by atoms with Gasteiger partial charge in [0.1, 0.15) is 0 Å². The largest absolute Gasteiger partial charge is 0.147 e. The third-order valence-corrected chi connectivity index (χ3v) is 23.8. The summed E-state index contributed by atoms with van der Waals surface area (Å²) in [7, 11) is 0. The van der Waals surface area contributed by atoms with E-state index in [4.69, 9.17) is 0 Å². The predicted octanol–water partition coefficient (Wildman–Crippen LogP) is -0.133. The maximum absolute atomic E-state index is 13.1. The Morgan fingerprint density at radius 3 is 1.15 bits per heavy atom. The maximum atomic E-state index is 13.1. The molecule has 0 saturated carbocycles. The van der Waals surface area contributed by atoms with E-state index in [-0.39, 0.29) is 12.4 Å². The van der Waals surface area contributed by atoms with Gasteiger partial charge in [-0.3, -0.25) is 0 Å². The van der Waals surface area contributed by atoms with Gasteiger partial charge in [-0.1, -0.05) is 0 Å². The molecule has 1 aliphatic rings. The van der Waals surface area contributed by atoms with Crippen molar-refractivity contribution in [2.45, 2.75) is 32.9 Å². The molecule has 0 aromatic rings. The van der Waals surface area contributed by atoms with Crippen LogP contribution in [0, 0.1) is 0 Å². The second kappa shape index (κ2) is 9.35. The average Bonchev–Trinajstić information content (AvgIpc) is 2.53. The molecule has 8 nitrogen and oxygen atoms in total. The van der Waals surface area contributed by atoms with Crippen molar-refractivity contribution in [1.82, 2.24) is 19.3 Å². The molecular formula is C17H35ClN4O4Ti. The van der Waals surface area contributed by atoms with Gasteiger partial charge in [-0.25, -0.2) is 0 Å². The predicted molar refractivity (Wildman–Crippen MR) is 106 cm³/mol. The van der Waals surface area contributed by atoms with Crippen LogP contribution in [0.4, 0.5) is 0 Å². The van der Waals surface area contributed by atoms with Crippen molar-refractivity contribution in [3.05, 3.63) is 0 Å². The summed E-state index contributed by atoms with van der Waals surface area (Å²) in [6.45, 7) is 9.58. The molecule has 0 bridgehead atoms. The number of hydrogen-bond acceptors (Lipinski definition) is 8. The normalized spacial score (nSPS) is 20.6. The molecule has 1 saturated heterocycles. The topological polar surface area (TPSA) is 108 Å². The monoisotopic (exact) mass is 442 g/mol. The molecule has 0 aliphatic carbocycles. The van der Waals surface area contributed by atoms with Crippen molar-refractivity contribution in [2.75, 3.05) is 52.4 Å². The zero-order chi connectivity index (χ0) is 20.1. The van der Waals surface area contributed by atoms with E-state index in [0.29, 0.717) is 26.2 Å². The number of rotatable bonds is 5. The van der Waals surface area contributed by atoms with Crippen LogP contribution in [-0.4, -0.2) is 72.1 Å². The Balaban J connectivity index is 0.00000676. The smallest absolute Gasteiger partial charge is 0.147 e. The zero-order valence-electron chi connectivity index (χ0n) is 17.1. The van der Waals surface area contributed by atoms with Crippen LogP contribution in [0.2, 0.25) is 5.23 Å². The molecule has 1 fully saturated rings. The number of halogens is 1. The summed E-state index contributed by atoms with van der Waals surface area (Å²) in [6, 6.07) is 0. The van der Waals surface area contributed by atoms with Crippen LogP contribution in [0.3, 0.4) is 0 Å². The van der Waals surface area contributed by atoms with Gasteiger partial charge in [0, 0.05) is 0 Å². The number of nitrogens with one attached hydrogen (secondary N) is 3. The molecule has 3 N–H and O–H groups in total. The molecule has 0 radical (unpaired) electrons. The average molecular weight is 443 g/mol. The summed E-state index contributed by atoms with van der Waals surface area (Å²) < 4.78 is -0.584. The first-order valence-corrected chi connectivity index (χ1v) is 14.7. The molecule has 1 heterocycles. The first kappa shape index (κ1) is 26.5. The van der Waals surface area contributed by atoms with E-state index in [1.165, 1.54) is 32.9 Å². The van der Waals surface area contributed by atoms with Crippen molar-refractivity contribution in [3.8, 4) is 0 Å². The van der Waals surface area contributed by atoms with Crippen molar-refractivity contribution < 1.29 is 33.5 Å². The van der Waals surface area contributed by atoms with Crippen LogP contribution in [0.1, 0.15) is 27.7 Å². The molecule has 0 aromatic heterocycles. The van der Waals surface area contributed by atoms with Gasteiger partial charge in [0.15, 0.2) is 0 Å². The molecule has 0 spiro atoms. The second-order valence-electron chi connectivity index (χ2n) is 7.88. The van der Waals surface area contributed by atoms with E-state index in [0.717, 1.165) is 26.2 Å². The molecule has 0 atom stereocenters. The van der Waals surface area contributed by atoms with Gasteiger partial charge in [-0.2, -0.15) is 0 Å². The van der Waals surface area contributed by atoms with E-state index in [1.807, 2.05) is 0 Å². The SMILES string of the molecule is C[C](=O)[Ti]([CH3])([C](C)=O)([C](C)=O)([C](C)=O)[N]1CCNCCNCCNCC1.Cl. The number of carbonyl (C=O) groups excluding carboxylic acids is 4. The molecule has 1 rings (SSSR count). The molecule has 0 aromatic carbocycles. The summed E-state index contributed by atoms with van der Waals surface area (Å²) in [4.78, 5) is 52.5. The van der Waals surface area contributed by atoms with Crippen molar-refractivity contribution in [1.29, 1.82) is 0 Å². The van der Waals surface area contributed by atoms with Gasteiger partial charge < -0.3 is 0 Å². The molecule has 1 aliphatic heterocycles. The Bertz CT molecular complexity index is 543. The van der Waals surface area contributed by atoms with E-state index in [2.05, 4.69) is 16.0 Å². The molecule has 27 heavy (non-hydrogen) atoms. The summed E-state index contributed by atoms with van der Waals surface area (Å²) in [5.74, 6) is 0. The molecule has 0 amide bonds. The van der Waals surface area contributed by atoms with Gasteiger partial charge in [-0.05, 0) is 0 Å². The van der Waals surface area contributed by atoms with Gasteiger partial charge in [0.2, 0.25) is 0 Å². The Kier molecular flexibility index (Phi) is 9.18. The third-order valence-electron chi connectivity index (χ3n) is 7.17. The number of carbonyl (C=O) groups is 4. The van der Waals surface area contributed by atoms with Crippen molar-refractivity contribution in [2.24, 2.45) is 0 Å². The third kappa shape index (κ3) is 3.50. The van der Waals surface area contributed by atoms with E-state index in [1.54, 1.807) is 3.38 Å². The first-order chi connectivity index (χ1) is 12.0. The Morgan fingerprint density at radius 2 is 0.889 bits per heavy atom. The first-order valence-electron chi connectivity index (χ1n) is 9.29. The zero-order valence-corrected chi connectivity index (χ0v) is 19.5. The minimum Gasteiger partial charge on any atom is -0.147 e. The number of hydrogen-bond donors (Lipinski definition) is 3. The Labute approximate surface area is 166 Å². The molecule has 158 valence electrons. The molecular weight excluding hydrogens is 408 g/mol. The molecule has 0 unspecified atom stereocenters. The standard InChI is InChI=1S/C8H19N4.4C2H3O.CH3.ClH.Ti/c1-2-10-5-6-12-8-7-11-4-3-9-1;4*1-2-3;;;/h9-11H,1-8H2;4*1H3;1H3;1H;/q-1;;;;;;;+1. The fraction of sp³-hybridized carbons (Fsp3) is 0.765. The van der Waals surface area contributed by atoms with Crippen LogP contribution in [0.5, 0.6) is 0 Å². The van der Waals surface area contributed by atoms with Gasteiger partial charge in [0.25, 0.3) is 0 Å². The summed E-state index contributed by atoms with van der Waals surface area (Å²) in [5, 5.41) is 11.2. The van der Waals surface area contributed by atoms with E-state index >= 15 is 0 Å². The minimum absolute atomic E-state index is 0. The van der Waals surface area contributed by atoms with Crippen LogP contribution >= 0.6 is 12.4 Å². The van der Waals surface area contributed by atoms with Gasteiger partial charge >= 0.3 is 154 Å².